The molecule has 0 saturated carbocycles. The Morgan fingerprint density at radius 3 is 2.81 bits per heavy atom. The number of hydrogen-bond acceptors (Lipinski definition) is 2. The minimum Gasteiger partial charge on any atom is -0.297 e. The highest BCUT2D eigenvalue weighted by atomic mass is 79.9. The van der Waals surface area contributed by atoms with Gasteiger partial charge in [-0.1, -0.05) is 6.92 Å². The summed E-state index contributed by atoms with van der Waals surface area (Å²) in [6.45, 7) is 7.85. The van der Waals surface area contributed by atoms with Gasteiger partial charge in [-0.3, -0.25) is 9.58 Å². The van der Waals surface area contributed by atoms with Gasteiger partial charge in [0.15, 0.2) is 0 Å². The van der Waals surface area contributed by atoms with Crippen LogP contribution in [0.3, 0.4) is 0 Å². The molecule has 3 nitrogen and oxygen atoms in total. The molecule has 2 rings (SSSR count). The molecule has 4 heteroatoms. The smallest absolute Gasteiger partial charge is 0.0739 e. The number of aromatic nitrogens is 2. The van der Waals surface area contributed by atoms with Gasteiger partial charge in [0.05, 0.1) is 15.9 Å². The van der Waals surface area contributed by atoms with Crippen molar-refractivity contribution in [1.82, 2.24) is 14.7 Å². The monoisotopic (exact) mass is 285 g/mol. The maximum absolute atomic E-state index is 4.44. The minimum atomic E-state index is 0.835. The number of piperidine rings is 1. The molecule has 1 aromatic rings. The quantitative estimate of drug-likeness (QED) is 0.833. The second-order valence-electron chi connectivity index (χ2n) is 4.95. The van der Waals surface area contributed by atoms with Gasteiger partial charge in [-0.2, -0.15) is 5.10 Å². The van der Waals surface area contributed by atoms with E-state index in [1.165, 1.54) is 36.1 Å². The van der Waals surface area contributed by atoms with Gasteiger partial charge in [0.2, 0.25) is 0 Å². The molecule has 0 bridgehead atoms. The largest absolute Gasteiger partial charge is 0.297 e. The van der Waals surface area contributed by atoms with E-state index in [-0.39, 0.29) is 0 Å². The van der Waals surface area contributed by atoms with Crippen molar-refractivity contribution in [2.24, 2.45) is 13.0 Å². The van der Waals surface area contributed by atoms with Crippen molar-refractivity contribution < 1.29 is 0 Å². The van der Waals surface area contributed by atoms with Crippen molar-refractivity contribution in [1.29, 1.82) is 0 Å². The first-order chi connectivity index (χ1) is 7.58. The molecule has 0 N–H and O–H groups in total. The van der Waals surface area contributed by atoms with Gasteiger partial charge >= 0.3 is 0 Å². The van der Waals surface area contributed by atoms with Gasteiger partial charge in [0.25, 0.3) is 0 Å². The van der Waals surface area contributed by atoms with Gasteiger partial charge < -0.3 is 0 Å². The van der Waals surface area contributed by atoms with Crippen LogP contribution < -0.4 is 0 Å². The second kappa shape index (κ2) is 4.88. The molecule has 1 aromatic heterocycles. The molecule has 0 spiro atoms. The summed E-state index contributed by atoms with van der Waals surface area (Å²) in [6.07, 6.45) is 2.71. The Hall–Kier alpha value is -0.350. The summed E-state index contributed by atoms with van der Waals surface area (Å²) in [5.74, 6) is 0.835. The third-order valence-electron chi connectivity index (χ3n) is 3.38. The van der Waals surface area contributed by atoms with Crippen LogP contribution in [0, 0.1) is 12.8 Å². The second-order valence-corrected chi connectivity index (χ2v) is 5.75. The van der Waals surface area contributed by atoms with Crippen LogP contribution in [0.2, 0.25) is 0 Å². The van der Waals surface area contributed by atoms with Gasteiger partial charge in [-0.25, -0.2) is 0 Å². The molecular weight excluding hydrogens is 266 g/mol. The van der Waals surface area contributed by atoms with Crippen LogP contribution in [0.4, 0.5) is 0 Å². The fraction of sp³-hybridized carbons (Fsp3) is 0.750. The highest BCUT2D eigenvalue weighted by molar-refractivity contribution is 9.10. The van der Waals surface area contributed by atoms with Gasteiger partial charge in [0, 0.05) is 20.1 Å². The van der Waals surface area contributed by atoms with Crippen molar-refractivity contribution in [3.05, 3.63) is 15.9 Å². The number of likely N-dealkylation sites (tertiary alicyclic amines) is 1. The average Bonchev–Trinajstić information content (AvgIpc) is 2.45. The van der Waals surface area contributed by atoms with E-state index >= 15 is 0 Å². The van der Waals surface area contributed by atoms with Crippen LogP contribution in [0.1, 0.15) is 31.2 Å². The van der Waals surface area contributed by atoms with E-state index in [1.54, 1.807) is 0 Å². The van der Waals surface area contributed by atoms with Gasteiger partial charge in [0.1, 0.15) is 0 Å². The molecule has 1 saturated heterocycles. The SMILES string of the molecule is Cc1nn(C)c(CN2CCCC(C)C2)c1Br. The Kier molecular flexibility index (Phi) is 3.70. The summed E-state index contributed by atoms with van der Waals surface area (Å²) in [4.78, 5) is 2.54. The van der Waals surface area contributed by atoms with E-state index in [1.807, 2.05) is 18.7 Å². The van der Waals surface area contributed by atoms with Crippen molar-refractivity contribution in [3.8, 4) is 0 Å². The molecule has 2 heterocycles. The molecule has 90 valence electrons. The van der Waals surface area contributed by atoms with Crippen molar-refractivity contribution in [2.75, 3.05) is 13.1 Å². The van der Waals surface area contributed by atoms with Gasteiger partial charge in [-0.05, 0) is 48.2 Å². The number of hydrogen-bond donors (Lipinski definition) is 0. The van der Waals surface area contributed by atoms with E-state index in [4.69, 9.17) is 0 Å². The van der Waals surface area contributed by atoms with E-state index in [0.29, 0.717) is 0 Å². The van der Waals surface area contributed by atoms with Crippen LogP contribution >= 0.6 is 15.9 Å². The molecule has 0 aliphatic carbocycles. The van der Waals surface area contributed by atoms with Crippen LogP contribution in [-0.2, 0) is 13.6 Å². The number of rotatable bonds is 2. The number of halogens is 1. The predicted octanol–water partition coefficient (Wildman–Crippen LogP) is 2.72. The maximum Gasteiger partial charge on any atom is 0.0739 e. The Balaban J connectivity index is 2.08. The molecule has 0 aromatic carbocycles. The third-order valence-corrected chi connectivity index (χ3v) is 4.41. The first-order valence-electron chi connectivity index (χ1n) is 5.98. The first kappa shape index (κ1) is 12.1. The minimum absolute atomic E-state index is 0.835. The molecule has 1 fully saturated rings. The number of aryl methyl sites for hydroxylation is 2. The molecule has 0 amide bonds. The molecule has 16 heavy (non-hydrogen) atoms. The summed E-state index contributed by atoms with van der Waals surface area (Å²) < 4.78 is 3.17. The third kappa shape index (κ3) is 2.48. The summed E-state index contributed by atoms with van der Waals surface area (Å²) in [6, 6.07) is 0. The average molecular weight is 286 g/mol. The number of nitrogens with zero attached hydrogens (tertiary/aromatic N) is 3. The van der Waals surface area contributed by atoms with Crippen LogP contribution in [0.15, 0.2) is 4.47 Å². The standard InChI is InChI=1S/C12H20BrN3/c1-9-5-4-6-16(7-9)8-11-12(13)10(2)14-15(11)3/h9H,4-8H2,1-3H3. The Morgan fingerprint density at radius 1 is 1.50 bits per heavy atom. The lowest BCUT2D eigenvalue weighted by atomic mass is 10.0. The molecule has 1 unspecified atom stereocenters. The summed E-state index contributed by atoms with van der Waals surface area (Å²) in [5.41, 5.74) is 2.38. The van der Waals surface area contributed by atoms with E-state index in [9.17, 15) is 0 Å². The maximum atomic E-state index is 4.44. The highest BCUT2D eigenvalue weighted by Gasteiger charge is 2.19. The lowest BCUT2D eigenvalue weighted by molar-refractivity contribution is 0.172. The van der Waals surface area contributed by atoms with E-state index < -0.39 is 0 Å². The van der Waals surface area contributed by atoms with Gasteiger partial charge in [-0.15, -0.1) is 0 Å². The van der Waals surface area contributed by atoms with Crippen LogP contribution in [0.25, 0.3) is 0 Å². The molecular formula is C12H20BrN3. The zero-order valence-electron chi connectivity index (χ0n) is 10.3. The highest BCUT2D eigenvalue weighted by Crippen LogP contribution is 2.24. The van der Waals surface area contributed by atoms with E-state index in [2.05, 4.69) is 32.9 Å². The summed E-state index contributed by atoms with van der Waals surface area (Å²) in [7, 11) is 2.03. The zero-order chi connectivity index (χ0) is 11.7. The molecule has 1 aliphatic rings. The summed E-state index contributed by atoms with van der Waals surface area (Å²) in [5, 5.41) is 4.44. The van der Waals surface area contributed by atoms with E-state index in [0.717, 1.165) is 18.2 Å². The molecule has 1 aliphatic heterocycles. The van der Waals surface area contributed by atoms with Crippen molar-refractivity contribution in [2.45, 2.75) is 33.2 Å². The van der Waals surface area contributed by atoms with Crippen LogP contribution in [-0.4, -0.2) is 27.8 Å². The lowest BCUT2D eigenvalue weighted by Gasteiger charge is -2.30. The molecule has 1 atom stereocenters. The van der Waals surface area contributed by atoms with Crippen LogP contribution in [0.5, 0.6) is 0 Å². The normalized spacial score (nSPS) is 22.6. The Labute approximate surface area is 106 Å². The summed E-state index contributed by atoms with van der Waals surface area (Å²) >= 11 is 3.63. The predicted molar refractivity (Wildman–Crippen MR) is 69.3 cm³/mol. The fourth-order valence-electron chi connectivity index (χ4n) is 2.49. The molecule has 0 radical (unpaired) electrons. The zero-order valence-corrected chi connectivity index (χ0v) is 11.9. The first-order valence-corrected chi connectivity index (χ1v) is 6.77. The van der Waals surface area contributed by atoms with Crippen molar-refractivity contribution >= 4 is 15.9 Å². The topological polar surface area (TPSA) is 21.1 Å². The Morgan fingerprint density at radius 2 is 2.25 bits per heavy atom. The lowest BCUT2D eigenvalue weighted by Crippen LogP contribution is -2.34. The fourth-order valence-corrected chi connectivity index (χ4v) is 2.96. The Bertz CT molecular complexity index is 373. The van der Waals surface area contributed by atoms with Crippen molar-refractivity contribution in [3.63, 3.8) is 0 Å².